The summed E-state index contributed by atoms with van der Waals surface area (Å²) >= 11 is 0. The Labute approximate surface area is 163 Å². The molecule has 0 aliphatic rings. The van der Waals surface area contributed by atoms with Gasteiger partial charge in [-0.3, -0.25) is 14.4 Å². The fourth-order valence-electron chi connectivity index (χ4n) is 2.93. The van der Waals surface area contributed by atoms with Crippen molar-refractivity contribution < 1.29 is 5.11 Å². The molecule has 138 valence electrons. The first-order valence-corrected chi connectivity index (χ1v) is 8.73. The monoisotopic (exact) mass is 369 g/mol. The molecule has 5 nitrogen and oxygen atoms in total. The molecule has 0 spiro atoms. The molecule has 2 aromatic carbocycles. The highest BCUT2D eigenvalue weighted by molar-refractivity contribution is 5.87. The number of benzene rings is 2. The summed E-state index contributed by atoms with van der Waals surface area (Å²) in [6.45, 7) is 5.31. The van der Waals surface area contributed by atoms with E-state index in [-0.39, 0.29) is 18.0 Å². The molecule has 0 atom stereocenters. The Morgan fingerprint density at radius 3 is 2.39 bits per heavy atom. The largest absolute Gasteiger partial charge is 0.494 e. The number of aromatic nitrogens is 1. The zero-order valence-corrected chi connectivity index (χ0v) is 15.5. The molecular formula is C23H19N3O2. The lowest BCUT2D eigenvalue weighted by Gasteiger charge is -2.12. The second-order valence-corrected chi connectivity index (χ2v) is 6.22. The molecule has 0 bridgehead atoms. The van der Waals surface area contributed by atoms with Gasteiger partial charge in [0.1, 0.15) is 11.6 Å². The van der Waals surface area contributed by atoms with Crippen molar-refractivity contribution in [2.24, 2.45) is 4.99 Å². The summed E-state index contributed by atoms with van der Waals surface area (Å²) in [6.07, 6.45) is 2.96. The van der Waals surface area contributed by atoms with Crippen molar-refractivity contribution in [2.75, 3.05) is 0 Å². The van der Waals surface area contributed by atoms with E-state index >= 15 is 0 Å². The van der Waals surface area contributed by atoms with Gasteiger partial charge in [-0.15, -0.1) is 6.58 Å². The van der Waals surface area contributed by atoms with Crippen LogP contribution in [0.1, 0.15) is 16.7 Å². The summed E-state index contributed by atoms with van der Waals surface area (Å²) in [4.78, 5) is 16.7. The third-order valence-electron chi connectivity index (χ3n) is 4.48. The average molecular weight is 369 g/mol. The lowest BCUT2D eigenvalue weighted by molar-refractivity contribution is 0.414. The highest BCUT2D eigenvalue weighted by Gasteiger charge is 2.17. The predicted octanol–water partition coefficient (Wildman–Crippen LogP) is 4.34. The van der Waals surface area contributed by atoms with E-state index in [2.05, 4.69) is 11.6 Å². The first-order valence-electron chi connectivity index (χ1n) is 8.73. The Bertz CT molecular complexity index is 1140. The van der Waals surface area contributed by atoms with E-state index in [0.717, 1.165) is 15.7 Å². The van der Waals surface area contributed by atoms with E-state index in [0.29, 0.717) is 16.8 Å². The van der Waals surface area contributed by atoms with Crippen LogP contribution >= 0.6 is 0 Å². The van der Waals surface area contributed by atoms with Crippen LogP contribution in [0, 0.1) is 18.3 Å². The van der Waals surface area contributed by atoms with Gasteiger partial charge >= 0.3 is 0 Å². The average Bonchev–Trinajstić information content (AvgIpc) is 2.72. The molecule has 0 saturated heterocycles. The lowest BCUT2D eigenvalue weighted by Crippen LogP contribution is -2.24. The number of rotatable bonds is 5. The molecule has 3 rings (SSSR count). The molecule has 0 amide bonds. The lowest BCUT2D eigenvalue weighted by atomic mass is 10.1. The van der Waals surface area contributed by atoms with Crippen LogP contribution in [0.2, 0.25) is 0 Å². The molecule has 0 saturated carbocycles. The minimum absolute atomic E-state index is 0.0134. The number of pyridine rings is 1. The van der Waals surface area contributed by atoms with Gasteiger partial charge in [0.25, 0.3) is 5.56 Å². The van der Waals surface area contributed by atoms with Crippen LogP contribution in [0.25, 0.3) is 11.1 Å². The molecule has 3 aromatic rings. The number of nitrogens with zero attached hydrogens (tertiary/aromatic N) is 3. The van der Waals surface area contributed by atoms with E-state index in [1.165, 1.54) is 12.3 Å². The number of aliphatic imine (C=N–C) groups is 1. The molecule has 0 radical (unpaired) electrons. The minimum Gasteiger partial charge on any atom is -0.494 e. The Kier molecular flexibility index (Phi) is 5.52. The molecule has 5 heteroatoms. The highest BCUT2D eigenvalue weighted by atomic mass is 16.3. The van der Waals surface area contributed by atoms with E-state index in [1.54, 1.807) is 6.92 Å². The number of allylic oxidation sites excluding steroid dienone is 1. The number of hydrogen-bond acceptors (Lipinski definition) is 4. The highest BCUT2D eigenvalue weighted by Crippen LogP contribution is 2.24. The first-order chi connectivity index (χ1) is 13.6. The summed E-state index contributed by atoms with van der Waals surface area (Å²) in [5.74, 6) is -0.231. The molecule has 1 N–H and O–H groups in total. The van der Waals surface area contributed by atoms with E-state index in [1.807, 2.05) is 60.7 Å². The number of nitriles is 1. The molecule has 0 fully saturated rings. The van der Waals surface area contributed by atoms with Gasteiger partial charge < -0.3 is 5.11 Å². The van der Waals surface area contributed by atoms with Gasteiger partial charge in [-0.25, -0.2) is 0 Å². The van der Waals surface area contributed by atoms with Crippen LogP contribution in [-0.2, 0) is 6.54 Å². The SMILES string of the molecule is C=CCn1c(O)c(C=Nc2ccc(-c3ccccc3)cc2)c(C)c(C#N)c1=O. The van der Waals surface area contributed by atoms with Gasteiger partial charge in [0.2, 0.25) is 5.88 Å². The van der Waals surface area contributed by atoms with E-state index < -0.39 is 5.56 Å². The molecular weight excluding hydrogens is 350 g/mol. The van der Waals surface area contributed by atoms with Crippen LogP contribution < -0.4 is 5.56 Å². The quantitative estimate of drug-likeness (QED) is 0.537. The van der Waals surface area contributed by atoms with Crippen LogP contribution in [0.15, 0.2) is 77.0 Å². The van der Waals surface area contributed by atoms with Crippen molar-refractivity contribution in [1.82, 2.24) is 4.57 Å². The van der Waals surface area contributed by atoms with Gasteiger partial charge in [-0.05, 0) is 35.7 Å². The van der Waals surface area contributed by atoms with E-state index in [9.17, 15) is 15.2 Å². The maximum Gasteiger partial charge on any atom is 0.271 e. The van der Waals surface area contributed by atoms with Crippen molar-refractivity contribution in [3.05, 3.63) is 94.3 Å². The maximum absolute atomic E-state index is 12.3. The van der Waals surface area contributed by atoms with Crippen LogP contribution in [-0.4, -0.2) is 15.9 Å². The summed E-state index contributed by atoms with van der Waals surface area (Å²) in [6, 6.07) is 19.6. The van der Waals surface area contributed by atoms with Gasteiger partial charge in [-0.2, -0.15) is 5.26 Å². The second kappa shape index (κ2) is 8.19. The first kappa shape index (κ1) is 18.9. The summed E-state index contributed by atoms with van der Waals surface area (Å²) in [5, 5.41) is 19.8. The van der Waals surface area contributed by atoms with Gasteiger partial charge in [0, 0.05) is 12.8 Å². The third kappa shape index (κ3) is 3.62. The fourth-order valence-corrected chi connectivity index (χ4v) is 2.93. The molecule has 0 aliphatic heterocycles. The normalized spacial score (nSPS) is 10.7. The summed E-state index contributed by atoms with van der Waals surface area (Å²) in [7, 11) is 0. The summed E-state index contributed by atoms with van der Waals surface area (Å²) in [5.41, 5.74) is 3.06. The van der Waals surface area contributed by atoms with Gasteiger partial charge in [0.15, 0.2) is 0 Å². The maximum atomic E-state index is 12.3. The number of hydrogen-bond donors (Lipinski definition) is 1. The van der Waals surface area contributed by atoms with E-state index in [4.69, 9.17) is 0 Å². The Morgan fingerprint density at radius 1 is 1.14 bits per heavy atom. The zero-order chi connectivity index (χ0) is 20.1. The molecule has 1 aromatic heterocycles. The Hall–Kier alpha value is -3.91. The van der Waals surface area contributed by atoms with Crippen LogP contribution in [0.3, 0.4) is 0 Å². The Morgan fingerprint density at radius 2 is 1.79 bits per heavy atom. The number of aromatic hydroxyl groups is 1. The molecule has 0 aliphatic carbocycles. The smallest absolute Gasteiger partial charge is 0.271 e. The van der Waals surface area contributed by atoms with Crippen molar-refractivity contribution in [3.63, 3.8) is 0 Å². The van der Waals surface area contributed by atoms with Gasteiger partial charge in [0.05, 0.1) is 11.3 Å². The second-order valence-electron chi connectivity index (χ2n) is 6.22. The third-order valence-corrected chi connectivity index (χ3v) is 4.48. The van der Waals surface area contributed by atoms with Crippen molar-refractivity contribution >= 4 is 11.9 Å². The van der Waals surface area contributed by atoms with Gasteiger partial charge in [-0.1, -0.05) is 48.5 Å². The van der Waals surface area contributed by atoms with Crippen molar-refractivity contribution in [3.8, 4) is 23.1 Å². The summed E-state index contributed by atoms with van der Waals surface area (Å²) < 4.78 is 1.11. The standard InChI is InChI=1S/C23H19N3O2/c1-3-13-26-22(27)20(14-24)16(2)21(23(26)28)15-25-19-11-9-18(10-12-19)17-7-5-4-6-8-17/h3-12,15,28H,1,13H2,2H3. The Balaban J connectivity index is 1.98. The molecule has 0 unspecified atom stereocenters. The molecule has 1 heterocycles. The fraction of sp³-hybridized carbons (Fsp3) is 0.0870. The van der Waals surface area contributed by atoms with Crippen molar-refractivity contribution in [2.45, 2.75) is 13.5 Å². The minimum atomic E-state index is -0.540. The predicted molar refractivity (Wildman–Crippen MR) is 111 cm³/mol. The van der Waals surface area contributed by atoms with Crippen LogP contribution in [0.4, 0.5) is 5.69 Å². The molecule has 28 heavy (non-hydrogen) atoms. The topological polar surface area (TPSA) is 78.4 Å². The van der Waals surface area contributed by atoms with Crippen molar-refractivity contribution in [1.29, 1.82) is 5.26 Å². The zero-order valence-electron chi connectivity index (χ0n) is 15.5. The van der Waals surface area contributed by atoms with Crippen LogP contribution in [0.5, 0.6) is 5.88 Å².